The maximum atomic E-state index is 14.9. The number of esters is 1. The summed E-state index contributed by atoms with van der Waals surface area (Å²) in [5.41, 5.74) is 0.473. The monoisotopic (exact) mass is 594 g/mol. The number of thioether (sulfide) groups is 1. The average molecular weight is 595 g/mol. The fourth-order valence-electron chi connectivity index (χ4n) is 7.82. The Labute approximate surface area is 254 Å². The zero-order valence-electron chi connectivity index (χ0n) is 25.6. The Hall–Kier alpha value is -2.58. The van der Waals surface area contributed by atoms with E-state index in [0.29, 0.717) is 19.6 Å². The zero-order valence-corrected chi connectivity index (χ0v) is 26.4. The van der Waals surface area contributed by atoms with Crippen LogP contribution in [0.15, 0.2) is 54.6 Å². The smallest absolute Gasteiger partial charge is 0.311 e. The molecule has 0 bridgehead atoms. The molecule has 1 aromatic carbocycles. The largest absolute Gasteiger partial charge is 0.465 e. The highest BCUT2D eigenvalue weighted by Gasteiger charge is 2.72. The van der Waals surface area contributed by atoms with Crippen LogP contribution in [0, 0.1) is 17.3 Å². The predicted molar refractivity (Wildman–Crippen MR) is 166 cm³/mol. The van der Waals surface area contributed by atoms with E-state index in [0.717, 1.165) is 31.2 Å². The summed E-state index contributed by atoms with van der Waals surface area (Å²) in [6, 6.07) is 8.29. The van der Waals surface area contributed by atoms with Gasteiger partial charge in [0, 0.05) is 17.3 Å². The number of aliphatic hydroxyl groups is 1. The van der Waals surface area contributed by atoms with Gasteiger partial charge in [-0.3, -0.25) is 14.4 Å². The molecule has 228 valence electrons. The fraction of sp³-hybridized carbons (Fsp3) is 0.618. The van der Waals surface area contributed by atoms with Crippen LogP contribution in [0.25, 0.3) is 0 Å². The molecular weight excluding hydrogens is 548 g/mol. The minimum Gasteiger partial charge on any atom is -0.465 e. The lowest BCUT2D eigenvalue weighted by atomic mass is 9.78. The minimum absolute atomic E-state index is 0.0226. The van der Waals surface area contributed by atoms with E-state index in [1.807, 2.05) is 47.4 Å². The van der Waals surface area contributed by atoms with Crippen LogP contribution in [0.3, 0.4) is 0 Å². The minimum atomic E-state index is -0.947. The Bertz CT molecular complexity index is 1240. The molecule has 4 aliphatic rings. The first-order valence-electron chi connectivity index (χ1n) is 15.4. The molecule has 1 aromatic rings. The van der Waals surface area contributed by atoms with Crippen molar-refractivity contribution in [2.24, 2.45) is 17.3 Å². The molecule has 7 nitrogen and oxygen atoms in total. The van der Waals surface area contributed by atoms with E-state index in [2.05, 4.69) is 46.8 Å². The van der Waals surface area contributed by atoms with Crippen LogP contribution >= 0.6 is 11.8 Å². The van der Waals surface area contributed by atoms with Gasteiger partial charge in [-0.15, -0.1) is 11.8 Å². The van der Waals surface area contributed by atoms with Crippen molar-refractivity contribution in [3.63, 3.8) is 0 Å². The summed E-state index contributed by atoms with van der Waals surface area (Å²) in [5.74, 6) is -2.19. The number of amides is 2. The summed E-state index contributed by atoms with van der Waals surface area (Å²) in [5, 5.41) is 10.5. The van der Waals surface area contributed by atoms with Crippen LogP contribution in [0.5, 0.6) is 0 Å². The lowest BCUT2D eigenvalue weighted by Gasteiger charge is -2.45. The first-order valence-corrected chi connectivity index (χ1v) is 16.2. The Morgan fingerprint density at radius 3 is 2.48 bits per heavy atom. The van der Waals surface area contributed by atoms with Gasteiger partial charge < -0.3 is 19.6 Å². The maximum absolute atomic E-state index is 14.9. The molecule has 0 aromatic heterocycles. The van der Waals surface area contributed by atoms with Crippen molar-refractivity contribution in [2.45, 2.75) is 94.3 Å². The number of nitrogens with zero attached hydrogens (tertiary/aromatic N) is 2. The van der Waals surface area contributed by atoms with Crippen molar-refractivity contribution >= 4 is 29.5 Å². The third kappa shape index (κ3) is 5.69. The van der Waals surface area contributed by atoms with E-state index < -0.39 is 34.2 Å². The first-order chi connectivity index (χ1) is 19.9. The highest BCUT2D eigenvalue weighted by atomic mass is 32.2. The Balaban J connectivity index is 1.63. The molecule has 1 N–H and O–H groups in total. The number of carbonyl (C=O) groups is 3. The Morgan fingerprint density at radius 1 is 1.05 bits per heavy atom. The number of hydrogen-bond donors (Lipinski definition) is 1. The Kier molecular flexibility index (Phi) is 8.70. The number of hydrogen-bond acceptors (Lipinski definition) is 6. The normalized spacial score (nSPS) is 31.6. The zero-order chi connectivity index (χ0) is 30.3. The van der Waals surface area contributed by atoms with Gasteiger partial charge in [-0.1, -0.05) is 75.4 Å². The quantitative estimate of drug-likeness (QED) is 0.377. The van der Waals surface area contributed by atoms with Crippen LogP contribution in [-0.2, 0) is 25.5 Å². The third-order valence-electron chi connectivity index (χ3n) is 9.15. The molecule has 5 rings (SSSR count). The summed E-state index contributed by atoms with van der Waals surface area (Å²) in [6.07, 6.45) is 12.0. The summed E-state index contributed by atoms with van der Waals surface area (Å²) >= 11 is 1.56. The SMILES string of the molecule is CC(C)(C)CC(C)(C)N1CC=C[C@]23S[C@H]4/C=C\CCCCOC(=O)[C@H]4[C@H]2C(=O)N([C@@H](CO)Cc2ccccc2)C3C1=O. The van der Waals surface area contributed by atoms with E-state index in [1.165, 1.54) is 0 Å². The summed E-state index contributed by atoms with van der Waals surface area (Å²) in [7, 11) is 0. The van der Waals surface area contributed by atoms with E-state index in [9.17, 15) is 19.5 Å². The van der Waals surface area contributed by atoms with Crippen LogP contribution in [0.1, 0.15) is 65.9 Å². The molecular formula is C34H46N2O5S. The number of ether oxygens (including phenoxy) is 1. The molecule has 42 heavy (non-hydrogen) atoms. The molecule has 1 unspecified atom stereocenters. The number of cyclic esters (lactones) is 1. The van der Waals surface area contributed by atoms with E-state index >= 15 is 0 Å². The van der Waals surface area contributed by atoms with Gasteiger partial charge in [-0.2, -0.15) is 0 Å². The predicted octanol–water partition coefficient (Wildman–Crippen LogP) is 4.78. The lowest BCUT2D eigenvalue weighted by Crippen LogP contribution is -2.60. The van der Waals surface area contributed by atoms with Gasteiger partial charge in [0.15, 0.2) is 0 Å². The first kappa shape index (κ1) is 30.9. The summed E-state index contributed by atoms with van der Waals surface area (Å²) in [6.45, 7) is 11.2. The second-order valence-electron chi connectivity index (χ2n) is 14.1. The number of rotatable bonds is 6. The number of aliphatic hydroxyl groups excluding tert-OH is 1. The second-order valence-corrected chi connectivity index (χ2v) is 15.6. The van der Waals surface area contributed by atoms with Gasteiger partial charge >= 0.3 is 5.97 Å². The van der Waals surface area contributed by atoms with E-state index in [1.54, 1.807) is 16.7 Å². The number of carbonyl (C=O) groups excluding carboxylic acids is 3. The van der Waals surface area contributed by atoms with Crippen molar-refractivity contribution < 1.29 is 24.2 Å². The van der Waals surface area contributed by atoms with Gasteiger partial charge in [-0.25, -0.2) is 0 Å². The van der Waals surface area contributed by atoms with Gasteiger partial charge in [0.25, 0.3) is 0 Å². The molecule has 0 radical (unpaired) electrons. The van der Waals surface area contributed by atoms with Crippen molar-refractivity contribution in [2.75, 3.05) is 19.8 Å². The second kappa shape index (κ2) is 11.8. The molecule has 1 spiro atoms. The standard InChI is InChI=1S/C34H46N2O5S/c1-32(2,3)22-33(4,5)35-18-13-17-34-27(26-25(42-34)16-11-6-7-12-19-41-31(26)40)29(38)36(28(34)30(35)39)24(21-37)20-23-14-9-8-10-15-23/h8-11,13-17,24-28,37H,6-7,12,18-22H2,1-5H3/b16-11-/t24-,25+,26-,27+,28?,34+/m1/s1. The molecule has 2 amide bonds. The van der Waals surface area contributed by atoms with Gasteiger partial charge in [0.1, 0.15) is 6.04 Å². The molecule has 6 atom stereocenters. The number of allylic oxidation sites excluding steroid dienone is 1. The van der Waals surface area contributed by atoms with E-state index in [4.69, 9.17) is 4.74 Å². The van der Waals surface area contributed by atoms with Gasteiger partial charge in [-0.05, 0) is 56.9 Å². The molecule has 0 saturated carbocycles. The van der Waals surface area contributed by atoms with Crippen molar-refractivity contribution in [1.29, 1.82) is 0 Å². The highest BCUT2D eigenvalue weighted by molar-refractivity contribution is 8.02. The fourth-order valence-corrected chi connectivity index (χ4v) is 9.81. The van der Waals surface area contributed by atoms with Gasteiger partial charge in [0.05, 0.1) is 35.8 Å². The molecule has 8 heteroatoms. The third-order valence-corrected chi connectivity index (χ3v) is 10.9. The van der Waals surface area contributed by atoms with Crippen LogP contribution < -0.4 is 0 Å². The molecule has 4 heterocycles. The number of likely N-dealkylation sites (tertiary alicyclic amines) is 1. The van der Waals surface area contributed by atoms with Gasteiger partial charge in [0.2, 0.25) is 11.8 Å². The lowest BCUT2D eigenvalue weighted by molar-refractivity contribution is -0.154. The van der Waals surface area contributed by atoms with Crippen LogP contribution in [0.4, 0.5) is 0 Å². The number of benzene rings is 1. The topological polar surface area (TPSA) is 87.2 Å². The van der Waals surface area contributed by atoms with Crippen molar-refractivity contribution in [3.05, 3.63) is 60.2 Å². The van der Waals surface area contributed by atoms with Crippen LogP contribution in [0.2, 0.25) is 0 Å². The summed E-state index contributed by atoms with van der Waals surface area (Å²) < 4.78 is 4.80. The molecule has 4 aliphatic heterocycles. The average Bonchev–Trinajstić information content (AvgIpc) is 3.31. The number of fused-ring (bicyclic) bond motifs is 2. The summed E-state index contributed by atoms with van der Waals surface area (Å²) in [4.78, 5) is 46.8. The maximum Gasteiger partial charge on any atom is 0.311 e. The van der Waals surface area contributed by atoms with Crippen molar-refractivity contribution in [3.8, 4) is 0 Å². The Morgan fingerprint density at radius 2 is 1.79 bits per heavy atom. The molecule has 0 aliphatic carbocycles. The van der Waals surface area contributed by atoms with Crippen molar-refractivity contribution in [1.82, 2.24) is 9.80 Å². The molecule has 2 fully saturated rings. The highest BCUT2D eigenvalue weighted by Crippen LogP contribution is 2.61. The molecule has 2 saturated heterocycles. The van der Waals surface area contributed by atoms with E-state index in [-0.39, 0.29) is 35.1 Å². The van der Waals surface area contributed by atoms with Crippen LogP contribution in [-0.4, -0.2) is 80.1 Å².